The van der Waals surface area contributed by atoms with Crippen LogP contribution in [0.3, 0.4) is 0 Å². The van der Waals surface area contributed by atoms with Crippen LogP contribution in [0.25, 0.3) is 11.3 Å². The molecule has 0 atom stereocenters. The molecule has 0 aliphatic heterocycles. The molecule has 4 heteroatoms. The lowest BCUT2D eigenvalue weighted by molar-refractivity contribution is 0.514. The average molecular weight is 242 g/mol. The molecule has 1 aromatic heterocycles. The number of nitrogens with one attached hydrogen (secondary N) is 1. The second kappa shape index (κ2) is 5.04. The summed E-state index contributed by atoms with van der Waals surface area (Å²) < 4.78 is 1.85. The Morgan fingerprint density at radius 1 is 1.33 bits per heavy atom. The minimum Gasteiger partial charge on any atom is -0.359 e. The third-order valence-corrected chi connectivity index (χ3v) is 2.59. The zero-order chi connectivity index (χ0) is 13.1. The van der Waals surface area contributed by atoms with E-state index in [0.29, 0.717) is 6.04 Å². The van der Waals surface area contributed by atoms with Crippen LogP contribution in [0, 0.1) is 0 Å². The van der Waals surface area contributed by atoms with Crippen molar-refractivity contribution in [2.45, 2.75) is 26.8 Å². The van der Waals surface area contributed by atoms with Crippen molar-refractivity contribution >= 4 is 5.69 Å². The van der Waals surface area contributed by atoms with Crippen LogP contribution in [0.4, 0.5) is 5.69 Å². The highest BCUT2D eigenvalue weighted by Crippen LogP contribution is 2.27. The summed E-state index contributed by atoms with van der Waals surface area (Å²) in [6.45, 7) is 9.96. The minimum atomic E-state index is 0.313. The highest BCUT2D eigenvalue weighted by molar-refractivity contribution is 5.75. The van der Waals surface area contributed by atoms with Gasteiger partial charge in [-0.15, -0.1) is 5.10 Å². The molecule has 94 valence electrons. The largest absolute Gasteiger partial charge is 0.359 e. The van der Waals surface area contributed by atoms with Gasteiger partial charge in [-0.2, -0.15) is 0 Å². The first-order valence-corrected chi connectivity index (χ1v) is 6.01. The molecule has 0 aliphatic carbocycles. The summed E-state index contributed by atoms with van der Waals surface area (Å²) in [6.07, 6.45) is 1.96. The fraction of sp³-hybridized carbons (Fsp3) is 0.286. The summed E-state index contributed by atoms with van der Waals surface area (Å²) in [5.74, 6) is 0. The molecule has 0 bridgehead atoms. The molecular formula is C14H18N4. The minimum absolute atomic E-state index is 0.313. The highest BCUT2D eigenvalue weighted by atomic mass is 15.4. The van der Waals surface area contributed by atoms with Crippen molar-refractivity contribution in [1.82, 2.24) is 15.0 Å². The third-order valence-electron chi connectivity index (χ3n) is 2.59. The molecule has 0 unspecified atom stereocenters. The maximum absolute atomic E-state index is 4.22. The zero-order valence-corrected chi connectivity index (χ0v) is 11.0. The smallest absolute Gasteiger partial charge is 0.115 e. The van der Waals surface area contributed by atoms with Crippen molar-refractivity contribution in [3.05, 3.63) is 42.7 Å². The van der Waals surface area contributed by atoms with E-state index in [4.69, 9.17) is 0 Å². The molecule has 0 aliphatic rings. The number of nitrogens with zero attached hydrogens (tertiary/aromatic N) is 3. The van der Waals surface area contributed by atoms with E-state index in [-0.39, 0.29) is 0 Å². The predicted molar refractivity (Wildman–Crippen MR) is 74.3 cm³/mol. The maximum atomic E-state index is 4.22. The van der Waals surface area contributed by atoms with Crippen LogP contribution in [-0.2, 0) is 0 Å². The molecule has 0 fully saturated rings. The lowest BCUT2D eigenvalue weighted by Crippen LogP contribution is -2.00. The Kier molecular flexibility index (Phi) is 3.46. The molecule has 1 heterocycles. The van der Waals surface area contributed by atoms with Crippen molar-refractivity contribution in [2.24, 2.45) is 0 Å². The third kappa shape index (κ3) is 2.59. The molecule has 0 radical (unpaired) electrons. The first kappa shape index (κ1) is 12.4. The van der Waals surface area contributed by atoms with Gasteiger partial charge in [-0.05, 0) is 26.8 Å². The van der Waals surface area contributed by atoms with Gasteiger partial charge in [-0.3, -0.25) is 0 Å². The van der Waals surface area contributed by atoms with E-state index in [9.17, 15) is 0 Å². The van der Waals surface area contributed by atoms with Crippen LogP contribution in [0.5, 0.6) is 0 Å². The van der Waals surface area contributed by atoms with E-state index in [1.807, 2.05) is 42.1 Å². The number of hydrogen-bond acceptors (Lipinski definition) is 3. The van der Waals surface area contributed by atoms with Gasteiger partial charge in [0.25, 0.3) is 0 Å². The highest BCUT2D eigenvalue weighted by Gasteiger charge is 2.09. The first-order chi connectivity index (χ1) is 8.58. The van der Waals surface area contributed by atoms with Gasteiger partial charge in [0.1, 0.15) is 5.69 Å². The Hall–Kier alpha value is -2.10. The quantitative estimate of drug-likeness (QED) is 0.892. The van der Waals surface area contributed by atoms with Gasteiger partial charge in [-0.1, -0.05) is 30.0 Å². The van der Waals surface area contributed by atoms with Crippen LogP contribution in [-0.4, -0.2) is 15.0 Å². The van der Waals surface area contributed by atoms with Crippen LogP contribution >= 0.6 is 0 Å². The van der Waals surface area contributed by atoms with Crippen LogP contribution in [0.1, 0.15) is 26.8 Å². The molecule has 1 N–H and O–H groups in total. The molecule has 0 spiro atoms. The number of aromatic nitrogens is 3. The normalized spacial score (nSPS) is 10.7. The summed E-state index contributed by atoms with van der Waals surface area (Å²) in [5.41, 5.74) is 3.81. The molecular weight excluding hydrogens is 224 g/mol. The van der Waals surface area contributed by atoms with E-state index in [0.717, 1.165) is 22.6 Å². The van der Waals surface area contributed by atoms with Crippen molar-refractivity contribution in [1.29, 1.82) is 0 Å². The predicted octanol–water partition coefficient (Wildman–Crippen LogP) is 3.47. The second-order valence-electron chi connectivity index (χ2n) is 4.63. The van der Waals surface area contributed by atoms with E-state index in [2.05, 4.69) is 36.1 Å². The summed E-state index contributed by atoms with van der Waals surface area (Å²) in [7, 11) is 0. The van der Waals surface area contributed by atoms with Gasteiger partial charge in [0.15, 0.2) is 0 Å². The number of hydrogen-bond donors (Lipinski definition) is 1. The van der Waals surface area contributed by atoms with Crippen molar-refractivity contribution in [3.63, 3.8) is 0 Å². The molecule has 2 aromatic rings. The second-order valence-corrected chi connectivity index (χ2v) is 4.63. The molecule has 1 aromatic carbocycles. The van der Waals surface area contributed by atoms with Crippen molar-refractivity contribution in [2.75, 3.05) is 5.32 Å². The Bertz CT molecular complexity index is 554. The zero-order valence-electron chi connectivity index (χ0n) is 11.0. The van der Waals surface area contributed by atoms with Crippen LogP contribution < -0.4 is 5.32 Å². The monoisotopic (exact) mass is 242 g/mol. The fourth-order valence-corrected chi connectivity index (χ4v) is 1.70. The standard InChI is InChI=1S/C14H18N4/c1-10(2)15-13-8-6-5-7-12(13)14-9-18(11(3)4)17-16-14/h5-9,11,15H,1H2,2-4H3. The average Bonchev–Trinajstić information content (AvgIpc) is 2.78. The molecule has 0 saturated carbocycles. The lowest BCUT2D eigenvalue weighted by atomic mass is 10.1. The van der Waals surface area contributed by atoms with E-state index < -0.39 is 0 Å². The van der Waals surface area contributed by atoms with Crippen molar-refractivity contribution < 1.29 is 0 Å². The SMILES string of the molecule is C=C(C)Nc1ccccc1-c1cn(C(C)C)nn1. The van der Waals surface area contributed by atoms with Gasteiger partial charge >= 0.3 is 0 Å². The number of allylic oxidation sites excluding steroid dienone is 1. The van der Waals surface area contributed by atoms with Gasteiger partial charge < -0.3 is 5.32 Å². The van der Waals surface area contributed by atoms with E-state index in [1.54, 1.807) is 0 Å². The summed E-state index contributed by atoms with van der Waals surface area (Å²) >= 11 is 0. The molecule has 2 rings (SSSR count). The number of para-hydroxylation sites is 1. The van der Waals surface area contributed by atoms with E-state index >= 15 is 0 Å². The lowest BCUT2D eigenvalue weighted by Gasteiger charge is -2.09. The Morgan fingerprint density at radius 3 is 2.67 bits per heavy atom. The van der Waals surface area contributed by atoms with Crippen LogP contribution in [0.15, 0.2) is 42.7 Å². The fourth-order valence-electron chi connectivity index (χ4n) is 1.70. The Morgan fingerprint density at radius 2 is 2.06 bits per heavy atom. The Labute approximate surface area is 107 Å². The summed E-state index contributed by atoms with van der Waals surface area (Å²) in [5, 5.41) is 11.6. The topological polar surface area (TPSA) is 42.7 Å². The van der Waals surface area contributed by atoms with Gasteiger partial charge in [-0.25, -0.2) is 4.68 Å². The summed E-state index contributed by atoms with van der Waals surface area (Å²) in [6, 6.07) is 8.33. The van der Waals surface area contributed by atoms with Gasteiger partial charge in [0, 0.05) is 23.0 Å². The van der Waals surface area contributed by atoms with Gasteiger partial charge in [0.2, 0.25) is 0 Å². The van der Waals surface area contributed by atoms with Gasteiger partial charge in [0.05, 0.1) is 6.20 Å². The van der Waals surface area contributed by atoms with Crippen molar-refractivity contribution in [3.8, 4) is 11.3 Å². The molecule has 18 heavy (non-hydrogen) atoms. The van der Waals surface area contributed by atoms with Crippen LogP contribution in [0.2, 0.25) is 0 Å². The number of anilines is 1. The molecule has 4 nitrogen and oxygen atoms in total. The number of rotatable bonds is 4. The maximum Gasteiger partial charge on any atom is 0.115 e. The number of benzene rings is 1. The Balaban J connectivity index is 2.39. The first-order valence-electron chi connectivity index (χ1n) is 6.01. The molecule has 0 saturated heterocycles. The molecule has 0 amide bonds. The summed E-state index contributed by atoms with van der Waals surface area (Å²) in [4.78, 5) is 0. The van der Waals surface area contributed by atoms with E-state index in [1.165, 1.54) is 0 Å².